The van der Waals surface area contributed by atoms with Gasteiger partial charge in [-0.1, -0.05) is 5.16 Å². The molecule has 1 aliphatic heterocycles. The van der Waals surface area contributed by atoms with Crippen LogP contribution < -0.4 is 10.6 Å². The van der Waals surface area contributed by atoms with Crippen molar-refractivity contribution in [3.63, 3.8) is 0 Å². The van der Waals surface area contributed by atoms with Gasteiger partial charge < -0.3 is 20.3 Å². The van der Waals surface area contributed by atoms with E-state index in [1.54, 1.807) is 16.8 Å². The zero-order chi connectivity index (χ0) is 29.2. The average molecular weight is 589 g/mol. The zero-order valence-corrected chi connectivity index (χ0v) is 22.9. The molecule has 7 rings (SSSR count). The Morgan fingerprint density at radius 1 is 1.19 bits per heavy atom. The molecule has 3 aliphatic carbocycles. The molecule has 0 unspecified atom stereocenters. The van der Waals surface area contributed by atoms with Gasteiger partial charge in [0.05, 0.1) is 43.3 Å². The molecule has 3 amide bonds. The van der Waals surface area contributed by atoms with E-state index in [-0.39, 0.29) is 30.0 Å². The summed E-state index contributed by atoms with van der Waals surface area (Å²) in [5.74, 6) is 1.02. The summed E-state index contributed by atoms with van der Waals surface area (Å²) in [6.07, 6.45) is 4.99. The molecule has 0 radical (unpaired) electrons. The number of nitrogens with zero attached hydrogens (tertiary/aromatic N) is 6. The molecule has 4 fully saturated rings. The van der Waals surface area contributed by atoms with E-state index in [0.29, 0.717) is 34.4 Å². The number of nitrogens with one attached hydrogen (secondary N) is 2. The Labute approximate surface area is 238 Å². The summed E-state index contributed by atoms with van der Waals surface area (Å²) in [7, 11) is 1.42. The molecule has 3 saturated carbocycles. The number of amides is 3. The highest BCUT2D eigenvalue weighted by atomic mass is 19.4. The average Bonchev–Trinajstić information content (AvgIpc) is 3.91. The van der Waals surface area contributed by atoms with Crippen LogP contribution in [0.4, 0.5) is 18.0 Å². The first-order chi connectivity index (χ1) is 20.2. The van der Waals surface area contributed by atoms with Crippen molar-refractivity contribution in [2.24, 2.45) is 17.8 Å². The molecule has 12 nitrogen and oxygen atoms in total. The van der Waals surface area contributed by atoms with Crippen LogP contribution in [0.3, 0.4) is 0 Å². The standard InChI is InChI=1S/C27H31F3N8O4/c1-41-12-18(37-11-19(27(28,29)30)33-26(37)40)16-8-20-32-17(10-38(20)31-9-16)23(21(13-2-3-13)14-4-5-14)34-25(39)24-22(15-6-7-15)35-42-36-24/h8-10,13-15,18-19,21,23H,2-7,11-12H2,1H3,(H,33,40)(H,34,39)/t18-,19+,23-/m1/s1. The summed E-state index contributed by atoms with van der Waals surface area (Å²) in [5, 5.41) is 17.6. The Kier molecular flexibility index (Phi) is 6.59. The van der Waals surface area contributed by atoms with Crippen LogP contribution in [0.15, 0.2) is 23.1 Å². The lowest BCUT2D eigenvalue weighted by atomic mass is 9.87. The van der Waals surface area contributed by atoms with Crippen LogP contribution in [-0.2, 0) is 4.74 Å². The number of aromatic nitrogens is 5. The Morgan fingerprint density at radius 3 is 2.55 bits per heavy atom. The van der Waals surface area contributed by atoms with Crippen molar-refractivity contribution in [3.8, 4) is 0 Å². The second-order valence-corrected chi connectivity index (χ2v) is 11.9. The van der Waals surface area contributed by atoms with Gasteiger partial charge in [0.25, 0.3) is 5.91 Å². The number of urea groups is 1. The van der Waals surface area contributed by atoms with E-state index in [0.717, 1.165) is 43.4 Å². The van der Waals surface area contributed by atoms with Gasteiger partial charge in [0.2, 0.25) is 0 Å². The van der Waals surface area contributed by atoms with Gasteiger partial charge >= 0.3 is 12.2 Å². The minimum absolute atomic E-state index is 0.0252. The van der Waals surface area contributed by atoms with Crippen LogP contribution >= 0.6 is 0 Å². The first kappa shape index (κ1) is 27.1. The normalized spacial score (nSPS) is 22.5. The minimum atomic E-state index is -4.57. The lowest BCUT2D eigenvalue weighted by Gasteiger charge is -2.26. The molecule has 4 heterocycles. The predicted octanol–water partition coefficient (Wildman–Crippen LogP) is 3.54. The number of halogens is 3. The number of alkyl halides is 3. The fourth-order valence-corrected chi connectivity index (χ4v) is 6.22. The van der Waals surface area contributed by atoms with Crippen molar-refractivity contribution in [2.45, 2.75) is 68.7 Å². The van der Waals surface area contributed by atoms with Gasteiger partial charge in [-0.25, -0.2) is 18.9 Å². The Morgan fingerprint density at radius 2 is 1.93 bits per heavy atom. The van der Waals surface area contributed by atoms with Gasteiger partial charge in [-0.15, -0.1) is 0 Å². The number of fused-ring (bicyclic) bond motifs is 1. The van der Waals surface area contributed by atoms with Crippen molar-refractivity contribution < 1.29 is 32.1 Å². The minimum Gasteiger partial charge on any atom is -0.382 e. The Hall–Kier alpha value is -3.75. The molecule has 3 atom stereocenters. The number of ether oxygens (including phenoxy) is 1. The summed E-state index contributed by atoms with van der Waals surface area (Å²) in [5.41, 5.74) is 2.37. The predicted molar refractivity (Wildman–Crippen MR) is 138 cm³/mol. The molecule has 3 aromatic rings. The summed E-state index contributed by atoms with van der Waals surface area (Å²) >= 11 is 0. The second kappa shape index (κ2) is 10.2. The number of hydrogen-bond acceptors (Lipinski definition) is 8. The van der Waals surface area contributed by atoms with Crippen LogP contribution in [0.25, 0.3) is 5.65 Å². The van der Waals surface area contributed by atoms with Crippen LogP contribution in [0.2, 0.25) is 0 Å². The largest absolute Gasteiger partial charge is 0.410 e. The third kappa shape index (κ3) is 5.18. The molecule has 42 heavy (non-hydrogen) atoms. The molecule has 1 saturated heterocycles. The van der Waals surface area contributed by atoms with E-state index in [1.807, 2.05) is 5.32 Å². The van der Waals surface area contributed by atoms with Crippen molar-refractivity contribution in [2.75, 3.05) is 20.3 Å². The number of rotatable bonds is 11. The van der Waals surface area contributed by atoms with E-state index in [2.05, 4.69) is 20.7 Å². The molecule has 0 spiro atoms. The lowest BCUT2D eigenvalue weighted by Crippen LogP contribution is -2.40. The van der Waals surface area contributed by atoms with E-state index in [9.17, 15) is 22.8 Å². The quantitative estimate of drug-likeness (QED) is 0.347. The molecular formula is C27H31F3N8O4. The van der Waals surface area contributed by atoms with Crippen molar-refractivity contribution >= 4 is 17.6 Å². The van der Waals surface area contributed by atoms with Gasteiger partial charge in [-0.05, 0) is 67.5 Å². The first-order valence-electron chi connectivity index (χ1n) is 14.3. The molecule has 3 aromatic heterocycles. The number of hydrogen-bond donors (Lipinski definition) is 2. The molecule has 2 N–H and O–H groups in total. The maximum Gasteiger partial charge on any atom is 0.410 e. The first-order valence-corrected chi connectivity index (χ1v) is 14.3. The Bertz CT molecular complexity index is 1480. The highest BCUT2D eigenvalue weighted by Crippen LogP contribution is 2.54. The zero-order valence-electron chi connectivity index (χ0n) is 22.9. The summed E-state index contributed by atoms with van der Waals surface area (Å²) in [6.45, 7) is -0.567. The lowest BCUT2D eigenvalue weighted by molar-refractivity contribution is -0.150. The number of carbonyl (C=O) groups is 2. The highest BCUT2D eigenvalue weighted by molar-refractivity contribution is 5.93. The van der Waals surface area contributed by atoms with E-state index < -0.39 is 36.9 Å². The maximum absolute atomic E-state index is 13.5. The van der Waals surface area contributed by atoms with Gasteiger partial charge in [0.15, 0.2) is 11.3 Å². The fourth-order valence-electron chi connectivity index (χ4n) is 6.22. The summed E-state index contributed by atoms with van der Waals surface area (Å²) in [4.78, 5) is 32.0. The Balaban J connectivity index is 1.19. The molecule has 15 heteroatoms. The monoisotopic (exact) mass is 588 g/mol. The van der Waals surface area contributed by atoms with Crippen molar-refractivity contribution in [1.82, 2.24) is 40.4 Å². The second-order valence-electron chi connectivity index (χ2n) is 11.9. The van der Waals surface area contributed by atoms with Gasteiger partial charge in [-0.2, -0.15) is 18.3 Å². The van der Waals surface area contributed by atoms with Crippen LogP contribution in [0.5, 0.6) is 0 Å². The molecule has 224 valence electrons. The molecule has 0 bridgehead atoms. The van der Waals surface area contributed by atoms with Crippen LogP contribution in [0, 0.1) is 17.8 Å². The molecule has 0 aromatic carbocycles. The number of methoxy groups -OCH3 is 1. The van der Waals surface area contributed by atoms with Crippen molar-refractivity contribution in [1.29, 1.82) is 0 Å². The van der Waals surface area contributed by atoms with Crippen LogP contribution in [0.1, 0.15) is 84.0 Å². The van der Waals surface area contributed by atoms with Crippen molar-refractivity contribution in [3.05, 3.63) is 41.1 Å². The van der Waals surface area contributed by atoms with E-state index in [4.69, 9.17) is 14.3 Å². The number of carbonyl (C=O) groups excluding carboxylic acids is 2. The topological polar surface area (TPSA) is 140 Å². The van der Waals surface area contributed by atoms with Gasteiger partial charge in [0.1, 0.15) is 11.7 Å². The maximum atomic E-state index is 13.5. The summed E-state index contributed by atoms with van der Waals surface area (Å²) in [6, 6.07) is -2.29. The van der Waals surface area contributed by atoms with Gasteiger partial charge in [0, 0.05) is 18.6 Å². The number of imidazole rings is 1. The third-order valence-electron chi connectivity index (χ3n) is 8.79. The van der Waals surface area contributed by atoms with E-state index in [1.165, 1.54) is 13.3 Å². The van der Waals surface area contributed by atoms with E-state index >= 15 is 0 Å². The smallest absolute Gasteiger partial charge is 0.382 e. The third-order valence-corrected chi connectivity index (χ3v) is 8.79. The fraction of sp³-hybridized carbons (Fsp3) is 0.630. The van der Waals surface area contributed by atoms with Crippen LogP contribution in [-0.4, -0.2) is 74.2 Å². The SMILES string of the molecule is COC[C@H](c1cnn2cc([C@@H](NC(=O)c3nonc3C3CC3)C(C3CC3)C3CC3)nc2c1)N1C[C@@H](C(F)(F)F)NC1=O. The molecule has 4 aliphatic rings. The highest BCUT2D eigenvalue weighted by Gasteiger charge is 2.49. The molecular weight excluding hydrogens is 557 g/mol. The van der Waals surface area contributed by atoms with Gasteiger partial charge in [-0.3, -0.25) is 4.79 Å². The summed E-state index contributed by atoms with van der Waals surface area (Å²) < 4.78 is 51.8.